The van der Waals surface area contributed by atoms with Gasteiger partial charge in [0.1, 0.15) is 6.33 Å². The Hall–Kier alpha value is -2.88. The summed E-state index contributed by atoms with van der Waals surface area (Å²) in [5.41, 5.74) is 3.18. The van der Waals surface area contributed by atoms with Crippen molar-refractivity contribution in [1.82, 2.24) is 9.55 Å². The maximum absolute atomic E-state index is 12.9. The number of hydrogen-bond donors (Lipinski definition) is 0. The molecule has 4 heteroatoms. The van der Waals surface area contributed by atoms with Gasteiger partial charge in [-0.15, -0.1) is 0 Å². The third-order valence-electron chi connectivity index (χ3n) is 3.80. The molecule has 1 amide bonds. The minimum atomic E-state index is -0.104. The van der Waals surface area contributed by atoms with Crippen molar-refractivity contribution < 1.29 is 4.79 Å². The minimum Gasteiger partial charge on any atom is -0.289 e. The zero-order chi connectivity index (χ0) is 16.1. The van der Waals surface area contributed by atoms with E-state index in [1.54, 1.807) is 17.3 Å². The molecule has 0 fully saturated rings. The van der Waals surface area contributed by atoms with E-state index in [4.69, 9.17) is 0 Å². The molecule has 2 aromatic carbocycles. The summed E-state index contributed by atoms with van der Waals surface area (Å²) in [6.07, 6.45) is 5.70. The van der Waals surface area contributed by atoms with Crippen LogP contribution in [-0.2, 0) is 13.0 Å². The zero-order valence-corrected chi connectivity index (χ0v) is 13.1. The summed E-state index contributed by atoms with van der Waals surface area (Å²) in [6, 6.07) is 17.9. The molecule has 0 radical (unpaired) electrons. The van der Waals surface area contributed by atoms with E-state index in [1.165, 1.54) is 10.9 Å². The number of benzene rings is 2. The summed E-state index contributed by atoms with van der Waals surface area (Å²) >= 11 is 0. The van der Waals surface area contributed by atoms with Gasteiger partial charge in [0.15, 0.2) is 0 Å². The highest BCUT2D eigenvalue weighted by Gasteiger charge is 2.19. The molecular formula is C19H19N3O. The van der Waals surface area contributed by atoms with Crippen LogP contribution in [0.2, 0.25) is 0 Å². The van der Waals surface area contributed by atoms with E-state index >= 15 is 0 Å². The fraction of sp³-hybridized carbons (Fsp3) is 0.158. The molecule has 0 N–H and O–H groups in total. The highest BCUT2D eigenvalue weighted by molar-refractivity contribution is 5.94. The number of nitrogens with zero attached hydrogens (tertiary/aromatic N) is 3. The maximum Gasteiger partial charge on any atom is 0.334 e. The number of para-hydroxylation sites is 1. The van der Waals surface area contributed by atoms with E-state index in [0.29, 0.717) is 6.54 Å². The normalized spacial score (nSPS) is 10.5. The maximum atomic E-state index is 12.9. The Morgan fingerprint density at radius 1 is 1.09 bits per heavy atom. The SMILES string of the molecule is CCc1ccccc1N(Cc1ccccc1)C(=O)n1ccnc1. The van der Waals surface area contributed by atoms with Crippen LogP contribution in [0.15, 0.2) is 73.3 Å². The van der Waals surface area contributed by atoms with Crippen molar-refractivity contribution in [3.05, 3.63) is 84.4 Å². The monoisotopic (exact) mass is 305 g/mol. The third kappa shape index (κ3) is 3.31. The van der Waals surface area contributed by atoms with Gasteiger partial charge in [-0.3, -0.25) is 9.47 Å². The topological polar surface area (TPSA) is 38.1 Å². The van der Waals surface area contributed by atoms with Crippen molar-refractivity contribution in [2.45, 2.75) is 19.9 Å². The molecule has 23 heavy (non-hydrogen) atoms. The fourth-order valence-corrected chi connectivity index (χ4v) is 2.61. The number of rotatable bonds is 4. The van der Waals surface area contributed by atoms with E-state index in [9.17, 15) is 4.79 Å². The lowest BCUT2D eigenvalue weighted by Crippen LogP contribution is -2.34. The van der Waals surface area contributed by atoms with Gasteiger partial charge in [-0.25, -0.2) is 9.78 Å². The van der Waals surface area contributed by atoms with E-state index in [0.717, 1.165) is 23.2 Å². The van der Waals surface area contributed by atoms with Crippen molar-refractivity contribution in [2.75, 3.05) is 4.90 Å². The van der Waals surface area contributed by atoms with Gasteiger partial charge in [0.2, 0.25) is 0 Å². The van der Waals surface area contributed by atoms with E-state index in [1.807, 2.05) is 48.5 Å². The van der Waals surface area contributed by atoms with Crippen molar-refractivity contribution >= 4 is 11.7 Å². The Morgan fingerprint density at radius 3 is 2.52 bits per heavy atom. The van der Waals surface area contributed by atoms with Crippen LogP contribution in [0.25, 0.3) is 0 Å². The van der Waals surface area contributed by atoms with Crippen LogP contribution >= 0.6 is 0 Å². The lowest BCUT2D eigenvalue weighted by molar-refractivity contribution is 0.247. The summed E-state index contributed by atoms with van der Waals surface area (Å²) in [5, 5.41) is 0. The average molecular weight is 305 g/mol. The van der Waals surface area contributed by atoms with Crippen LogP contribution in [0.5, 0.6) is 0 Å². The van der Waals surface area contributed by atoms with Gasteiger partial charge in [0, 0.05) is 18.1 Å². The molecule has 3 rings (SSSR count). The van der Waals surface area contributed by atoms with Crippen LogP contribution < -0.4 is 4.90 Å². The number of amides is 1. The largest absolute Gasteiger partial charge is 0.334 e. The van der Waals surface area contributed by atoms with Gasteiger partial charge < -0.3 is 0 Å². The predicted molar refractivity (Wildman–Crippen MR) is 91.5 cm³/mol. The van der Waals surface area contributed by atoms with Gasteiger partial charge in [-0.1, -0.05) is 55.5 Å². The van der Waals surface area contributed by atoms with Crippen molar-refractivity contribution in [2.24, 2.45) is 0 Å². The van der Waals surface area contributed by atoms with Crippen LogP contribution in [0.3, 0.4) is 0 Å². The van der Waals surface area contributed by atoms with E-state index < -0.39 is 0 Å². The summed E-state index contributed by atoms with van der Waals surface area (Å²) in [6.45, 7) is 2.62. The number of anilines is 1. The minimum absolute atomic E-state index is 0.104. The third-order valence-corrected chi connectivity index (χ3v) is 3.80. The smallest absolute Gasteiger partial charge is 0.289 e. The Balaban J connectivity index is 2.01. The second kappa shape index (κ2) is 6.92. The lowest BCUT2D eigenvalue weighted by Gasteiger charge is -2.25. The Labute approximate surface area is 136 Å². The number of imidazole rings is 1. The molecule has 1 heterocycles. The van der Waals surface area contributed by atoms with Crippen LogP contribution in [0, 0.1) is 0 Å². The molecule has 116 valence electrons. The molecule has 0 saturated heterocycles. The predicted octanol–water partition coefficient (Wildman–Crippen LogP) is 4.12. The van der Waals surface area contributed by atoms with E-state index in [-0.39, 0.29) is 6.03 Å². The first-order valence-electron chi connectivity index (χ1n) is 7.71. The Bertz CT molecular complexity index is 766. The molecule has 0 aliphatic carbocycles. The summed E-state index contributed by atoms with van der Waals surface area (Å²) in [4.78, 5) is 18.7. The quantitative estimate of drug-likeness (QED) is 0.727. The number of carbonyl (C=O) groups excluding carboxylic acids is 1. The van der Waals surface area contributed by atoms with Crippen LogP contribution in [0.1, 0.15) is 18.1 Å². The standard InChI is InChI=1S/C19H19N3O/c1-2-17-10-6-7-11-18(17)22(14-16-8-4-3-5-9-16)19(23)21-13-12-20-15-21/h3-13,15H,2,14H2,1H3. The summed E-state index contributed by atoms with van der Waals surface area (Å²) in [5.74, 6) is 0. The molecular weight excluding hydrogens is 286 g/mol. The number of carbonyl (C=O) groups is 1. The van der Waals surface area contributed by atoms with Gasteiger partial charge in [0.25, 0.3) is 0 Å². The molecule has 1 aromatic heterocycles. The lowest BCUT2D eigenvalue weighted by atomic mass is 10.1. The molecule has 0 unspecified atom stereocenters. The number of hydrogen-bond acceptors (Lipinski definition) is 2. The van der Waals surface area contributed by atoms with Crippen LogP contribution in [-0.4, -0.2) is 15.6 Å². The average Bonchev–Trinajstić information content (AvgIpc) is 3.15. The number of aromatic nitrogens is 2. The van der Waals surface area contributed by atoms with Gasteiger partial charge in [0.05, 0.1) is 6.54 Å². The molecule has 0 atom stereocenters. The number of aryl methyl sites for hydroxylation is 1. The highest BCUT2D eigenvalue weighted by atomic mass is 16.2. The molecule has 0 aliphatic heterocycles. The van der Waals surface area contributed by atoms with E-state index in [2.05, 4.69) is 18.0 Å². The van der Waals surface area contributed by atoms with Crippen molar-refractivity contribution in [1.29, 1.82) is 0 Å². The van der Waals surface area contributed by atoms with Crippen molar-refractivity contribution in [3.8, 4) is 0 Å². The van der Waals surface area contributed by atoms with Gasteiger partial charge in [-0.2, -0.15) is 0 Å². The first-order chi connectivity index (χ1) is 11.3. The second-order valence-corrected chi connectivity index (χ2v) is 5.31. The molecule has 0 spiro atoms. The molecule has 4 nitrogen and oxygen atoms in total. The fourth-order valence-electron chi connectivity index (χ4n) is 2.61. The van der Waals surface area contributed by atoms with Crippen molar-refractivity contribution in [3.63, 3.8) is 0 Å². The second-order valence-electron chi connectivity index (χ2n) is 5.31. The summed E-state index contributed by atoms with van der Waals surface area (Å²) < 4.78 is 1.51. The van der Waals surface area contributed by atoms with Crippen LogP contribution in [0.4, 0.5) is 10.5 Å². The first-order valence-corrected chi connectivity index (χ1v) is 7.71. The molecule has 3 aromatic rings. The first kappa shape index (κ1) is 15.0. The molecule has 0 aliphatic rings. The van der Waals surface area contributed by atoms with Gasteiger partial charge >= 0.3 is 6.03 Å². The Kier molecular flexibility index (Phi) is 4.52. The Morgan fingerprint density at radius 2 is 1.83 bits per heavy atom. The zero-order valence-electron chi connectivity index (χ0n) is 13.1. The highest BCUT2D eigenvalue weighted by Crippen LogP contribution is 2.24. The summed E-state index contributed by atoms with van der Waals surface area (Å²) in [7, 11) is 0. The molecule has 0 saturated carbocycles. The molecule has 0 bridgehead atoms. The van der Waals surface area contributed by atoms with Gasteiger partial charge in [-0.05, 0) is 23.6 Å².